The van der Waals surface area contributed by atoms with Gasteiger partial charge in [-0.05, 0) is 62.2 Å². The Bertz CT molecular complexity index is 930. The minimum absolute atomic E-state index is 0.151. The Labute approximate surface area is 181 Å². The average Bonchev–Trinajstić information content (AvgIpc) is 2.69. The number of unbranched alkanes of at least 4 members (excludes halogenated alkanes) is 1. The Kier molecular flexibility index (Phi) is 8.67. The lowest BCUT2D eigenvalue weighted by molar-refractivity contribution is 0.102. The zero-order valence-electron chi connectivity index (χ0n) is 16.9. The molecule has 0 bridgehead atoms. The number of hydrogen-bond donors (Lipinski definition) is 2. The van der Waals surface area contributed by atoms with Crippen molar-refractivity contribution in [1.82, 2.24) is 4.72 Å². The van der Waals surface area contributed by atoms with Crippen LogP contribution in [0.5, 0.6) is 5.75 Å². The van der Waals surface area contributed by atoms with E-state index >= 15 is 0 Å². The molecule has 1 unspecified atom stereocenters. The van der Waals surface area contributed by atoms with Gasteiger partial charge in [0.05, 0.1) is 17.1 Å². The number of amides is 1. The van der Waals surface area contributed by atoms with E-state index in [0.717, 1.165) is 17.3 Å². The van der Waals surface area contributed by atoms with Crippen LogP contribution in [0.15, 0.2) is 51.8 Å². The molecule has 0 saturated carbocycles. The highest BCUT2D eigenvalue weighted by Crippen LogP contribution is 2.25. The quantitative estimate of drug-likeness (QED) is 0.468. The largest absolute Gasteiger partial charge is 0.493 e. The second kappa shape index (κ2) is 10.8. The average molecular weight is 483 g/mol. The van der Waals surface area contributed by atoms with Crippen molar-refractivity contribution in [1.29, 1.82) is 0 Å². The van der Waals surface area contributed by atoms with Crippen LogP contribution in [0.4, 0.5) is 5.69 Å². The molecule has 2 rings (SSSR count). The van der Waals surface area contributed by atoms with Gasteiger partial charge in [-0.3, -0.25) is 4.79 Å². The van der Waals surface area contributed by atoms with E-state index in [2.05, 4.69) is 32.9 Å². The Morgan fingerprint density at radius 1 is 1.14 bits per heavy atom. The summed E-state index contributed by atoms with van der Waals surface area (Å²) >= 11 is 3.38. The third kappa shape index (κ3) is 6.83. The number of sulfonamides is 1. The van der Waals surface area contributed by atoms with E-state index in [0.29, 0.717) is 30.0 Å². The molecule has 0 aliphatic carbocycles. The molecule has 29 heavy (non-hydrogen) atoms. The Morgan fingerprint density at radius 2 is 1.83 bits per heavy atom. The van der Waals surface area contributed by atoms with Crippen molar-refractivity contribution in [2.45, 2.75) is 51.0 Å². The van der Waals surface area contributed by atoms with Crippen molar-refractivity contribution in [3.05, 3.63) is 52.5 Å². The third-order valence-corrected chi connectivity index (χ3v) is 6.43. The van der Waals surface area contributed by atoms with E-state index < -0.39 is 10.0 Å². The van der Waals surface area contributed by atoms with Crippen LogP contribution in [-0.2, 0) is 10.0 Å². The zero-order valence-corrected chi connectivity index (χ0v) is 19.3. The predicted molar refractivity (Wildman–Crippen MR) is 119 cm³/mol. The molecule has 0 radical (unpaired) electrons. The van der Waals surface area contributed by atoms with Gasteiger partial charge in [-0.25, -0.2) is 13.1 Å². The molecular weight excluding hydrogens is 456 g/mol. The topological polar surface area (TPSA) is 84.5 Å². The van der Waals surface area contributed by atoms with Gasteiger partial charge in [0.15, 0.2) is 0 Å². The van der Waals surface area contributed by atoms with Crippen LogP contribution in [0.3, 0.4) is 0 Å². The van der Waals surface area contributed by atoms with Crippen LogP contribution in [0.25, 0.3) is 0 Å². The fourth-order valence-electron chi connectivity index (χ4n) is 2.46. The fourth-order valence-corrected chi connectivity index (χ4v) is 4.15. The Hall–Kier alpha value is -1.90. The summed E-state index contributed by atoms with van der Waals surface area (Å²) in [6.07, 6.45) is 2.60. The first-order chi connectivity index (χ1) is 13.8. The summed E-state index contributed by atoms with van der Waals surface area (Å²) < 4.78 is 33.8. The summed E-state index contributed by atoms with van der Waals surface area (Å²) in [7, 11) is -3.58. The van der Waals surface area contributed by atoms with Crippen molar-refractivity contribution < 1.29 is 17.9 Å². The van der Waals surface area contributed by atoms with Gasteiger partial charge in [0.2, 0.25) is 10.0 Å². The number of nitrogens with one attached hydrogen (secondary N) is 2. The highest BCUT2D eigenvalue weighted by molar-refractivity contribution is 9.10. The Morgan fingerprint density at radius 3 is 2.45 bits per heavy atom. The smallest absolute Gasteiger partial charge is 0.259 e. The standard InChI is InChI=1S/C21H27BrN2O4S/c1-4-6-13-28-20-12-7-16(22)14-19(20)21(25)23-17-8-10-18(11-9-17)29(26,27)24-15(3)5-2/h7-12,14-15,24H,4-6,13H2,1-3H3,(H,23,25). The van der Waals surface area contributed by atoms with Crippen LogP contribution >= 0.6 is 15.9 Å². The molecule has 0 aliphatic heterocycles. The van der Waals surface area contributed by atoms with Crippen molar-refractivity contribution >= 4 is 37.5 Å². The van der Waals surface area contributed by atoms with Crippen molar-refractivity contribution in [3.63, 3.8) is 0 Å². The van der Waals surface area contributed by atoms with Gasteiger partial charge in [0, 0.05) is 16.2 Å². The lowest BCUT2D eigenvalue weighted by Gasteiger charge is -2.14. The number of anilines is 1. The molecule has 0 heterocycles. The van der Waals surface area contributed by atoms with Gasteiger partial charge in [-0.2, -0.15) is 0 Å². The monoisotopic (exact) mass is 482 g/mol. The van der Waals surface area contributed by atoms with Gasteiger partial charge in [0.25, 0.3) is 5.91 Å². The molecule has 2 N–H and O–H groups in total. The summed E-state index contributed by atoms with van der Waals surface area (Å²) in [5.41, 5.74) is 0.905. The maximum atomic E-state index is 12.7. The number of carbonyl (C=O) groups is 1. The first-order valence-electron chi connectivity index (χ1n) is 9.63. The zero-order chi connectivity index (χ0) is 21.4. The van der Waals surface area contributed by atoms with E-state index in [1.165, 1.54) is 12.1 Å². The molecule has 0 spiro atoms. The lowest BCUT2D eigenvalue weighted by Crippen LogP contribution is -2.31. The molecule has 1 atom stereocenters. The summed E-state index contributed by atoms with van der Waals surface area (Å²) in [5, 5.41) is 2.79. The van der Waals surface area contributed by atoms with Crippen molar-refractivity contribution in [2.24, 2.45) is 0 Å². The molecule has 0 aliphatic rings. The molecule has 2 aromatic carbocycles. The summed E-state index contributed by atoms with van der Waals surface area (Å²) in [6, 6.07) is 11.2. The number of hydrogen-bond acceptors (Lipinski definition) is 4. The predicted octanol–water partition coefficient (Wildman–Crippen LogP) is 4.96. The number of ether oxygens (including phenoxy) is 1. The molecule has 8 heteroatoms. The van der Waals surface area contributed by atoms with E-state index in [1.54, 1.807) is 24.3 Å². The lowest BCUT2D eigenvalue weighted by atomic mass is 10.2. The van der Waals surface area contributed by atoms with Gasteiger partial charge in [-0.1, -0.05) is 36.2 Å². The molecule has 2 aromatic rings. The van der Waals surface area contributed by atoms with Crippen LogP contribution in [0, 0.1) is 0 Å². The molecular formula is C21H27BrN2O4S. The fraction of sp³-hybridized carbons (Fsp3) is 0.381. The van der Waals surface area contributed by atoms with Gasteiger partial charge in [-0.15, -0.1) is 0 Å². The second-order valence-corrected chi connectivity index (χ2v) is 9.38. The molecule has 6 nitrogen and oxygen atoms in total. The third-order valence-electron chi connectivity index (χ3n) is 4.33. The van der Waals surface area contributed by atoms with E-state index in [-0.39, 0.29) is 16.8 Å². The minimum atomic E-state index is -3.58. The van der Waals surface area contributed by atoms with Crippen LogP contribution < -0.4 is 14.8 Å². The SMILES string of the molecule is CCCCOc1ccc(Br)cc1C(=O)Nc1ccc(S(=O)(=O)NC(C)CC)cc1. The molecule has 0 saturated heterocycles. The van der Waals surface area contributed by atoms with Crippen LogP contribution in [0.1, 0.15) is 50.4 Å². The van der Waals surface area contributed by atoms with Crippen LogP contribution in [0.2, 0.25) is 0 Å². The summed E-state index contributed by atoms with van der Waals surface area (Å²) in [5.74, 6) is 0.183. The van der Waals surface area contributed by atoms with Gasteiger partial charge >= 0.3 is 0 Å². The minimum Gasteiger partial charge on any atom is -0.493 e. The number of rotatable bonds is 10. The second-order valence-electron chi connectivity index (χ2n) is 6.75. The normalized spacial score (nSPS) is 12.4. The molecule has 0 aromatic heterocycles. The summed E-state index contributed by atoms with van der Waals surface area (Å²) in [4.78, 5) is 12.9. The Balaban J connectivity index is 2.14. The van der Waals surface area contributed by atoms with Gasteiger partial charge in [0.1, 0.15) is 5.75 Å². The van der Waals surface area contributed by atoms with E-state index in [9.17, 15) is 13.2 Å². The number of carbonyl (C=O) groups excluding carboxylic acids is 1. The maximum Gasteiger partial charge on any atom is 0.259 e. The number of benzene rings is 2. The van der Waals surface area contributed by atoms with Crippen LogP contribution in [-0.4, -0.2) is 27.0 Å². The van der Waals surface area contributed by atoms with Crippen molar-refractivity contribution in [2.75, 3.05) is 11.9 Å². The van der Waals surface area contributed by atoms with Gasteiger partial charge < -0.3 is 10.1 Å². The summed E-state index contributed by atoms with van der Waals surface area (Å²) in [6.45, 7) is 6.33. The molecule has 1 amide bonds. The highest BCUT2D eigenvalue weighted by atomic mass is 79.9. The first kappa shape index (κ1) is 23.4. The van der Waals surface area contributed by atoms with Crippen molar-refractivity contribution in [3.8, 4) is 5.75 Å². The number of halogens is 1. The highest BCUT2D eigenvalue weighted by Gasteiger charge is 2.17. The first-order valence-corrected chi connectivity index (χ1v) is 11.9. The molecule has 0 fully saturated rings. The van der Waals surface area contributed by atoms with E-state index in [1.807, 2.05) is 19.9 Å². The van der Waals surface area contributed by atoms with E-state index in [4.69, 9.17) is 4.74 Å². The molecule has 158 valence electrons. The maximum absolute atomic E-state index is 12.7.